The number of urea groups is 1. The van der Waals surface area contributed by atoms with Crippen molar-refractivity contribution in [1.29, 1.82) is 0 Å². The highest BCUT2D eigenvalue weighted by Crippen LogP contribution is 2.22. The second kappa shape index (κ2) is 4.75. The van der Waals surface area contributed by atoms with Crippen LogP contribution in [0.3, 0.4) is 0 Å². The molecule has 2 aliphatic heterocycles. The van der Waals surface area contributed by atoms with Crippen LogP contribution in [0.1, 0.15) is 12.2 Å². The lowest BCUT2D eigenvalue weighted by Gasteiger charge is -2.36. The van der Waals surface area contributed by atoms with Crippen molar-refractivity contribution in [2.75, 3.05) is 31.1 Å². The maximum Gasteiger partial charge on any atom is 0.317 e. The van der Waals surface area contributed by atoms with Gasteiger partial charge in [0.05, 0.1) is 6.04 Å². The molecule has 0 aliphatic carbocycles. The third-order valence-corrected chi connectivity index (χ3v) is 4.02. The molecule has 116 valence electrons. The fourth-order valence-electron chi connectivity index (χ4n) is 2.91. The molecule has 2 aromatic rings. The van der Waals surface area contributed by atoms with Gasteiger partial charge < -0.3 is 15.1 Å². The first kappa shape index (κ1) is 13.2. The van der Waals surface area contributed by atoms with Crippen LogP contribution >= 0.6 is 0 Å². The van der Waals surface area contributed by atoms with Crippen LogP contribution in [0.15, 0.2) is 12.1 Å². The Morgan fingerprint density at radius 1 is 1.27 bits per heavy atom. The zero-order chi connectivity index (χ0) is 15.3. The van der Waals surface area contributed by atoms with E-state index >= 15 is 0 Å². The Labute approximate surface area is 123 Å². The van der Waals surface area contributed by atoms with E-state index < -0.39 is 12.2 Å². The van der Waals surface area contributed by atoms with Crippen molar-refractivity contribution >= 4 is 17.5 Å². The van der Waals surface area contributed by atoms with Gasteiger partial charge in [0.2, 0.25) is 5.82 Å². The Kier molecular flexibility index (Phi) is 2.84. The average Bonchev–Trinajstić information content (AvgIpc) is 3.10. The van der Waals surface area contributed by atoms with Crippen molar-refractivity contribution < 1.29 is 13.6 Å². The Morgan fingerprint density at radius 2 is 2.14 bits per heavy atom. The summed E-state index contributed by atoms with van der Waals surface area (Å²) in [6, 6.07) is 3.38. The number of amides is 2. The Balaban J connectivity index is 1.64. The number of carbonyl (C=O) groups is 1. The van der Waals surface area contributed by atoms with E-state index in [1.807, 2.05) is 4.90 Å². The number of hydrogen-bond acceptors (Lipinski definition) is 5. The maximum atomic E-state index is 12.9. The lowest BCUT2D eigenvalue weighted by Crippen LogP contribution is -2.52. The predicted molar refractivity (Wildman–Crippen MR) is 71.8 cm³/mol. The Hall–Kier alpha value is -2.52. The highest BCUT2D eigenvalue weighted by molar-refractivity contribution is 5.77. The first-order chi connectivity index (χ1) is 10.6. The van der Waals surface area contributed by atoms with Crippen LogP contribution < -0.4 is 10.2 Å². The molecule has 2 aliphatic rings. The minimum atomic E-state index is -2.73. The lowest BCUT2D eigenvalue weighted by molar-refractivity contribution is 0.137. The van der Waals surface area contributed by atoms with Gasteiger partial charge >= 0.3 is 6.03 Å². The largest absolute Gasteiger partial charge is 0.351 e. The zero-order valence-corrected chi connectivity index (χ0v) is 11.5. The molecule has 10 heteroatoms. The van der Waals surface area contributed by atoms with Crippen LogP contribution in [-0.2, 0) is 0 Å². The third kappa shape index (κ3) is 1.94. The highest BCUT2D eigenvalue weighted by Gasteiger charge is 2.36. The van der Waals surface area contributed by atoms with Crippen LogP contribution in [0.4, 0.5) is 19.4 Å². The average molecular weight is 309 g/mol. The second-order valence-corrected chi connectivity index (χ2v) is 5.30. The summed E-state index contributed by atoms with van der Waals surface area (Å²) in [6.45, 7) is 2.39. The van der Waals surface area contributed by atoms with Crippen LogP contribution in [-0.4, -0.2) is 63.0 Å². The summed E-state index contributed by atoms with van der Waals surface area (Å²) in [5.74, 6) is 0.112. The van der Waals surface area contributed by atoms with Gasteiger partial charge in [-0.1, -0.05) is 0 Å². The van der Waals surface area contributed by atoms with Crippen LogP contribution in [0.25, 0.3) is 5.65 Å². The topological polar surface area (TPSA) is 78.7 Å². The molecule has 1 N–H and O–H groups in total. The number of nitrogens with zero attached hydrogens (tertiary/aromatic N) is 6. The molecule has 4 heterocycles. The number of hydrogen-bond donors (Lipinski definition) is 1. The van der Waals surface area contributed by atoms with Gasteiger partial charge in [0.15, 0.2) is 5.65 Å². The van der Waals surface area contributed by atoms with Crippen LogP contribution in [0.5, 0.6) is 0 Å². The smallest absolute Gasteiger partial charge is 0.317 e. The van der Waals surface area contributed by atoms with Crippen molar-refractivity contribution in [3.05, 3.63) is 18.0 Å². The molecule has 1 unspecified atom stereocenters. The first-order valence-electron chi connectivity index (χ1n) is 6.93. The molecule has 1 atom stereocenters. The monoisotopic (exact) mass is 309 g/mol. The fourth-order valence-corrected chi connectivity index (χ4v) is 2.91. The van der Waals surface area contributed by atoms with Crippen molar-refractivity contribution in [2.45, 2.75) is 12.5 Å². The molecule has 0 radical (unpaired) electrons. The summed E-state index contributed by atoms with van der Waals surface area (Å²) in [4.78, 5) is 15.4. The van der Waals surface area contributed by atoms with Gasteiger partial charge in [-0.3, -0.25) is 0 Å². The lowest BCUT2D eigenvalue weighted by atomic mass is 10.2. The van der Waals surface area contributed by atoms with Crippen LogP contribution in [0.2, 0.25) is 0 Å². The Bertz CT molecular complexity index is 733. The quantitative estimate of drug-likeness (QED) is 0.862. The number of nitrogens with one attached hydrogen (secondary N) is 1. The van der Waals surface area contributed by atoms with Gasteiger partial charge in [0, 0.05) is 26.2 Å². The van der Waals surface area contributed by atoms with Crippen molar-refractivity contribution in [3.8, 4) is 0 Å². The molecule has 2 fully saturated rings. The summed E-state index contributed by atoms with van der Waals surface area (Å²) >= 11 is 0. The molecule has 0 bridgehead atoms. The summed E-state index contributed by atoms with van der Waals surface area (Å²) in [7, 11) is 0. The Morgan fingerprint density at radius 3 is 2.95 bits per heavy atom. The van der Waals surface area contributed by atoms with E-state index in [4.69, 9.17) is 0 Å². The molecule has 4 rings (SSSR count). The van der Waals surface area contributed by atoms with Gasteiger partial charge in [-0.2, -0.15) is 4.52 Å². The number of alkyl halides is 2. The number of anilines is 1. The summed E-state index contributed by atoms with van der Waals surface area (Å²) < 4.78 is 26.9. The second-order valence-electron chi connectivity index (χ2n) is 5.30. The van der Waals surface area contributed by atoms with Gasteiger partial charge in [0.25, 0.3) is 6.43 Å². The van der Waals surface area contributed by atoms with Crippen molar-refractivity contribution in [2.24, 2.45) is 0 Å². The normalized spacial score (nSPS) is 21.6. The number of piperazine rings is 1. The zero-order valence-electron chi connectivity index (χ0n) is 11.5. The van der Waals surface area contributed by atoms with E-state index in [-0.39, 0.29) is 17.7 Å². The number of fused-ring (bicyclic) bond motifs is 2. The van der Waals surface area contributed by atoms with E-state index in [1.54, 1.807) is 17.0 Å². The SMILES string of the molecule is O=C1NCC2CN(c3ccc4nnc(C(F)F)n4n3)CCN12. The first-order valence-corrected chi connectivity index (χ1v) is 6.93. The van der Waals surface area contributed by atoms with Gasteiger partial charge in [-0.25, -0.2) is 13.6 Å². The van der Waals surface area contributed by atoms with Crippen molar-refractivity contribution in [1.82, 2.24) is 30.0 Å². The summed E-state index contributed by atoms with van der Waals surface area (Å²) in [6.07, 6.45) is -2.73. The number of halogens is 2. The molecule has 0 saturated carbocycles. The van der Waals surface area contributed by atoms with E-state index in [0.717, 1.165) is 4.52 Å². The molecule has 2 saturated heterocycles. The molecule has 0 spiro atoms. The van der Waals surface area contributed by atoms with E-state index in [0.29, 0.717) is 32.0 Å². The number of rotatable bonds is 2. The third-order valence-electron chi connectivity index (χ3n) is 4.02. The summed E-state index contributed by atoms with van der Waals surface area (Å²) in [5.41, 5.74) is 0.287. The molecular formula is C12H13F2N7O. The number of carbonyl (C=O) groups excluding carboxylic acids is 1. The molecular weight excluding hydrogens is 296 g/mol. The summed E-state index contributed by atoms with van der Waals surface area (Å²) in [5, 5.41) is 14.2. The highest BCUT2D eigenvalue weighted by atomic mass is 19.3. The number of aromatic nitrogens is 4. The van der Waals surface area contributed by atoms with Gasteiger partial charge in [-0.15, -0.1) is 15.3 Å². The van der Waals surface area contributed by atoms with Crippen molar-refractivity contribution in [3.63, 3.8) is 0 Å². The van der Waals surface area contributed by atoms with E-state index in [1.165, 1.54) is 0 Å². The van der Waals surface area contributed by atoms with E-state index in [9.17, 15) is 13.6 Å². The van der Waals surface area contributed by atoms with Gasteiger partial charge in [-0.05, 0) is 12.1 Å². The fraction of sp³-hybridized carbons (Fsp3) is 0.500. The minimum Gasteiger partial charge on any atom is -0.351 e. The van der Waals surface area contributed by atoms with E-state index in [2.05, 4.69) is 20.6 Å². The molecule has 2 aromatic heterocycles. The minimum absolute atomic E-state index is 0.0492. The molecule has 22 heavy (non-hydrogen) atoms. The molecule has 2 amide bonds. The standard InChI is InChI=1S/C12H13F2N7O/c13-10(14)11-17-16-8-1-2-9(18-21(8)11)19-3-4-20-7(6-19)5-15-12(20)22/h1-2,7,10H,3-6H2,(H,15,22). The van der Waals surface area contributed by atoms with Crippen LogP contribution in [0, 0.1) is 0 Å². The maximum absolute atomic E-state index is 12.9. The predicted octanol–water partition coefficient (Wildman–Crippen LogP) is 0.276. The van der Waals surface area contributed by atoms with Gasteiger partial charge in [0.1, 0.15) is 5.82 Å². The molecule has 0 aromatic carbocycles. The molecule has 8 nitrogen and oxygen atoms in total.